The summed E-state index contributed by atoms with van der Waals surface area (Å²) in [6, 6.07) is 20.5. The Morgan fingerprint density at radius 1 is 0.935 bits per heavy atom. The van der Waals surface area contributed by atoms with Crippen molar-refractivity contribution in [3.8, 4) is 16.3 Å². The van der Waals surface area contributed by atoms with E-state index in [2.05, 4.69) is 4.98 Å². The second-order valence-electron chi connectivity index (χ2n) is 6.93. The number of nitrogens with zero attached hydrogens (tertiary/aromatic N) is 2. The van der Waals surface area contributed by atoms with Crippen molar-refractivity contribution in [3.63, 3.8) is 0 Å². The molecule has 31 heavy (non-hydrogen) atoms. The van der Waals surface area contributed by atoms with Gasteiger partial charge < -0.3 is 5.11 Å². The Morgan fingerprint density at radius 2 is 1.68 bits per heavy atom. The van der Waals surface area contributed by atoms with E-state index < -0.39 is 10.0 Å². The van der Waals surface area contributed by atoms with Crippen molar-refractivity contribution < 1.29 is 13.5 Å². The van der Waals surface area contributed by atoms with Crippen LogP contribution in [0.2, 0.25) is 5.02 Å². The van der Waals surface area contributed by atoms with Crippen molar-refractivity contribution in [2.45, 2.75) is 18.0 Å². The molecule has 0 aliphatic heterocycles. The summed E-state index contributed by atoms with van der Waals surface area (Å²) in [6.07, 6.45) is 1.75. The van der Waals surface area contributed by atoms with E-state index >= 15 is 0 Å². The number of sulfonamides is 1. The molecular weight excluding hydrogens is 452 g/mol. The molecule has 8 heteroatoms. The number of phenolic OH excluding ortho intramolecular Hbond substituents is 1. The Hall–Kier alpha value is -2.71. The van der Waals surface area contributed by atoms with Crippen LogP contribution in [0.5, 0.6) is 5.75 Å². The van der Waals surface area contributed by atoms with Gasteiger partial charge in [0.05, 0.1) is 4.90 Å². The minimum absolute atomic E-state index is 0.0883. The third kappa shape index (κ3) is 5.14. The summed E-state index contributed by atoms with van der Waals surface area (Å²) in [4.78, 5) is 4.43. The summed E-state index contributed by atoms with van der Waals surface area (Å²) >= 11 is 7.59. The summed E-state index contributed by atoms with van der Waals surface area (Å²) in [5, 5.41) is 13.0. The Kier molecular flexibility index (Phi) is 6.38. The van der Waals surface area contributed by atoms with Gasteiger partial charge in [-0.15, -0.1) is 11.3 Å². The summed E-state index contributed by atoms with van der Waals surface area (Å²) in [6.45, 7) is 0.278. The molecule has 0 unspecified atom stereocenters. The maximum absolute atomic E-state index is 13.4. The SMILES string of the molecule is O=S(=O)(c1cccc(Cl)c1)N(Cc1ccc(-c2nccs2)cc1)Cc1cccc(O)c1. The van der Waals surface area contributed by atoms with Crippen LogP contribution in [0.15, 0.2) is 89.3 Å². The molecule has 5 nitrogen and oxygen atoms in total. The smallest absolute Gasteiger partial charge is 0.243 e. The van der Waals surface area contributed by atoms with Crippen LogP contribution in [0.25, 0.3) is 10.6 Å². The monoisotopic (exact) mass is 470 g/mol. The predicted molar refractivity (Wildman–Crippen MR) is 124 cm³/mol. The molecule has 1 N–H and O–H groups in total. The number of thiazole rings is 1. The van der Waals surface area contributed by atoms with Crippen LogP contribution < -0.4 is 0 Å². The summed E-state index contributed by atoms with van der Waals surface area (Å²) in [5.41, 5.74) is 2.51. The normalized spacial score (nSPS) is 11.7. The molecule has 4 rings (SSSR count). The van der Waals surface area contributed by atoms with Crippen LogP contribution in [0.1, 0.15) is 11.1 Å². The first-order valence-electron chi connectivity index (χ1n) is 9.44. The van der Waals surface area contributed by atoms with Gasteiger partial charge in [0.25, 0.3) is 0 Å². The van der Waals surface area contributed by atoms with Crippen LogP contribution in [-0.4, -0.2) is 22.8 Å². The van der Waals surface area contributed by atoms with Crippen LogP contribution in [0.4, 0.5) is 0 Å². The number of phenols is 1. The highest BCUT2D eigenvalue weighted by molar-refractivity contribution is 7.89. The average Bonchev–Trinajstić information content (AvgIpc) is 3.29. The van der Waals surface area contributed by atoms with E-state index in [4.69, 9.17) is 11.6 Å². The molecule has 3 aromatic carbocycles. The van der Waals surface area contributed by atoms with E-state index in [9.17, 15) is 13.5 Å². The molecule has 0 saturated heterocycles. The predicted octanol–water partition coefficient (Wildman–Crippen LogP) is 5.56. The first kappa shape index (κ1) is 21.5. The maximum atomic E-state index is 13.4. The molecule has 1 aromatic heterocycles. The molecule has 4 aromatic rings. The number of hydrogen-bond acceptors (Lipinski definition) is 5. The Bertz CT molecular complexity index is 1270. The van der Waals surface area contributed by atoms with Gasteiger partial charge in [0.15, 0.2) is 0 Å². The van der Waals surface area contributed by atoms with Crippen LogP contribution in [0.3, 0.4) is 0 Å². The zero-order chi connectivity index (χ0) is 21.8. The lowest BCUT2D eigenvalue weighted by molar-refractivity contribution is 0.399. The molecule has 0 spiro atoms. The lowest BCUT2D eigenvalue weighted by Gasteiger charge is -2.23. The number of aromatic nitrogens is 1. The number of hydrogen-bond donors (Lipinski definition) is 1. The molecule has 0 aliphatic rings. The number of aromatic hydroxyl groups is 1. The molecule has 0 radical (unpaired) electrons. The van der Waals surface area contributed by atoms with E-state index in [0.29, 0.717) is 10.6 Å². The van der Waals surface area contributed by atoms with E-state index in [1.807, 2.05) is 29.6 Å². The van der Waals surface area contributed by atoms with Gasteiger partial charge in [-0.2, -0.15) is 4.31 Å². The zero-order valence-electron chi connectivity index (χ0n) is 16.3. The van der Waals surface area contributed by atoms with Crippen molar-refractivity contribution in [2.24, 2.45) is 0 Å². The molecule has 0 bridgehead atoms. The van der Waals surface area contributed by atoms with Gasteiger partial charge in [-0.3, -0.25) is 0 Å². The maximum Gasteiger partial charge on any atom is 0.243 e. The Labute approximate surface area is 190 Å². The van der Waals surface area contributed by atoms with Gasteiger partial charge in [-0.1, -0.05) is 54.1 Å². The summed E-state index contributed by atoms with van der Waals surface area (Å²) < 4.78 is 28.2. The zero-order valence-corrected chi connectivity index (χ0v) is 18.7. The number of halogens is 1. The van der Waals surface area contributed by atoms with Gasteiger partial charge in [0, 0.05) is 35.3 Å². The fourth-order valence-electron chi connectivity index (χ4n) is 3.18. The number of rotatable bonds is 7. The van der Waals surface area contributed by atoms with Gasteiger partial charge in [-0.05, 0) is 41.5 Å². The van der Waals surface area contributed by atoms with Crippen LogP contribution >= 0.6 is 22.9 Å². The van der Waals surface area contributed by atoms with Crippen LogP contribution in [0, 0.1) is 0 Å². The molecule has 0 atom stereocenters. The topological polar surface area (TPSA) is 70.5 Å². The first-order chi connectivity index (χ1) is 14.9. The van der Waals surface area contributed by atoms with Gasteiger partial charge in [0.1, 0.15) is 10.8 Å². The molecular formula is C23H19ClN2O3S2. The summed E-state index contributed by atoms with van der Waals surface area (Å²) in [5.74, 6) is 0.0883. The lowest BCUT2D eigenvalue weighted by Crippen LogP contribution is -2.30. The first-order valence-corrected chi connectivity index (χ1v) is 12.1. The largest absolute Gasteiger partial charge is 0.508 e. The van der Waals surface area contributed by atoms with E-state index in [0.717, 1.165) is 16.1 Å². The minimum Gasteiger partial charge on any atom is -0.508 e. The molecule has 0 amide bonds. The van der Waals surface area contributed by atoms with Crippen molar-refractivity contribution in [1.82, 2.24) is 9.29 Å². The van der Waals surface area contributed by atoms with Gasteiger partial charge in [-0.25, -0.2) is 13.4 Å². The van der Waals surface area contributed by atoms with E-state index in [-0.39, 0.29) is 23.7 Å². The number of benzene rings is 3. The Balaban J connectivity index is 1.66. The fourth-order valence-corrected chi connectivity index (χ4v) is 5.55. The quantitative estimate of drug-likeness (QED) is 0.384. The lowest BCUT2D eigenvalue weighted by atomic mass is 10.1. The van der Waals surface area contributed by atoms with Crippen molar-refractivity contribution in [3.05, 3.63) is 101 Å². The third-order valence-corrected chi connectivity index (χ3v) is 7.54. The molecule has 1 heterocycles. The summed E-state index contributed by atoms with van der Waals surface area (Å²) in [7, 11) is -3.83. The highest BCUT2D eigenvalue weighted by atomic mass is 35.5. The van der Waals surface area contributed by atoms with Crippen molar-refractivity contribution >= 4 is 33.0 Å². The second kappa shape index (κ2) is 9.20. The van der Waals surface area contributed by atoms with Gasteiger partial charge >= 0.3 is 0 Å². The average molecular weight is 471 g/mol. The third-order valence-electron chi connectivity index (χ3n) is 4.70. The van der Waals surface area contributed by atoms with E-state index in [1.54, 1.807) is 53.9 Å². The highest BCUT2D eigenvalue weighted by Crippen LogP contribution is 2.26. The molecule has 0 saturated carbocycles. The molecule has 158 valence electrons. The van der Waals surface area contributed by atoms with Crippen molar-refractivity contribution in [2.75, 3.05) is 0 Å². The Morgan fingerprint density at radius 3 is 2.35 bits per heavy atom. The minimum atomic E-state index is -3.83. The molecule has 0 aliphatic carbocycles. The molecule has 0 fully saturated rings. The standard InChI is InChI=1S/C23H19ClN2O3S2/c24-20-4-2-6-22(14-20)31(28,29)26(16-18-3-1-5-21(27)13-18)15-17-7-9-19(10-8-17)23-25-11-12-30-23/h1-14,27H,15-16H2. The fraction of sp³-hybridized carbons (Fsp3) is 0.0870. The second-order valence-corrected chi connectivity index (χ2v) is 10.2. The highest BCUT2D eigenvalue weighted by Gasteiger charge is 2.25. The van der Waals surface area contributed by atoms with E-state index in [1.165, 1.54) is 16.4 Å². The van der Waals surface area contributed by atoms with Crippen molar-refractivity contribution in [1.29, 1.82) is 0 Å². The van der Waals surface area contributed by atoms with Gasteiger partial charge in [0.2, 0.25) is 10.0 Å². The van der Waals surface area contributed by atoms with Crippen LogP contribution in [-0.2, 0) is 23.1 Å².